The van der Waals surface area contributed by atoms with E-state index in [9.17, 15) is 4.79 Å². The number of carbonyl (C=O) groups is 1. The standard InChI is InChI=1S/C24H23N3O5/c1-29-11-10-27-24(28)17-6-8-25-19-12-15(4-5-16(17)19)32-21-7-9-26-20-14-23(31-3)22(30-2)13-18(20)21/h4-9,12-14H,10-11H2,1-3H3,(H,27,28). The van der Waals surface area contributed by atoms with E-state index in [0.717, 1.165) is 10.8 Å². The minimum absolute atomic E-state index is 0.177. The molecule has 4 aromatic rings. The monoisotopic (exact) mass is 433 g/mol. The van der Waals surface area contributed by atoms with Crippen LogP contribution in [-0.4, -0.2) is 50.4 Å². The molecule has 8 heteroatoms. The Balaban J connectivity index is 1.67. The Bertz CT molecular complexity index is 1280. The van der Waals surface area contributed by atoms with E-state index in [1.165, 1.54) is 0 Å². The highest BCUT2D eigenvalue weighted by Crippen LogP contribution is 2.37. The van der Waals surface area contributed by atoms with Crippen molar-refractivity contribution in [2.75, 3.05) is 34.5 Å². The van der Waals surface area contributed by atoms with E-state index in [4.69, 9.17) is 18.9 Å². The zero-order valence-electron chi connectivity index (χ0n) is 18.0. The number of hydrogen-bond donors (Lipinski definition) is 1. The fourth-order valence-electron chi connectivity index (χ4n) is 3.41. The largest absolute Gasteiger partial charge is 0.493 e. The van der Waals surface area contributed by atoms with Crippen LogP contribution >= 0.6 is 0 Å². The first-order valence-corrected chi connectivity index (χ1v) is 9.99. The van der Waals surface area contributed by atoms with Crippen LogP contribution in [0.5, 0.6) is 23.0 Å². The molecule has 2 heterocycles. The van der Waals surface area contributed by atoms with Crippen molar-refractivity contribution in [3.63, 3.8) is 0 Å². The molecule has 164 valence electrons. The van der Waals surface area contributed by atoms with Crippen LogP contribution in [0.1, 0.15) is 10.4 Å². The highest BCUT2D eigenvalue weighted by atomic mass is 16.5. The van der Waals surface area contributed by atoms with Gasteiger partial charge in [0.1, 0.15) is 11.5 Å². The van der Waals surface area contributed by atoms with Crippen molar-refractivity contribution in [3.05, 3.63) is 60.4 Å². The summed E-state index contributed by atoms with van der Waals surface area (Å²) in [6, 6.07) is 12.6. The predicted octanol–water partition coefficient (Wildman–Crippen LogP) is 3.97. The third kappa shape index (κ3) is 4.26. The maximum atomic E-state index is 12.5. The molecule has 32 heavy (non-hydrogen) atoms. The normalized spacial score (nSPS) is 10.8. The summed E-state index contributed by atoms with van der Waals surface area (Å²) in [5.41, 5.74) is 1.91. The van der Waals surface area contributed by atoms with Gasteiger partial charge in [0, 0.05) is 49.0 Å². The van der Waals surface area contributed by atoms with Gasteiger partial charge in [0.2, 0.25) is 0 Å². The molecule has 2 aromatic carbocycles. The van der Waals surface area contributed by atoms with E-state index in [1.807, 2.05) is 18.2 Å². The number of aromatic nitrogens is 2. The fraction of sp³-hybridized carbons (Fsp3) is 0.208. The summed E-state index contributed by atoms with van der Waals surface area (Å²) in [6.07, 6.45) is 3.28. The zero-order valence-corrected chi connectivity index (χ0v) is 18.0. The van der Waals surface area contributed by atoms with Crippen molar-refractivity contribution in [2.24, 2.45) is 0 Å². The SMILES string of the molecule is COCCNC(=O)c1ccnc2cc(Oc3ccnc4cc(OC)c(OC)cc34)ccc12. The van der Waals surface area contributed by atoms with Gasteiger partial charge in [-0.25, -0.2) is 0 Å². The molecule has 4 rings (SSSR count). The third-order valence-corrected chi connectivity index (χ3v) is 4.99. The third-order valence-electron chi connectivity index (χ3n) is 4.99. The molecule has 8 nitrogen and oxygen atoms in total. The van der Waals surface area contributed by atoms with Gasteiger partial charge in [0.05, 0.1) is 37.4 Å². The minimum Gasteiger partial charge on any atom is -0.493 e. The molecule has 0 fully saturated rings. The van der Waals surface area contributed by atoms with Gasteiger partial charge >= 0.3 is 0 Å². The highest BCUT2D eigenvalue weighted by molar-refractivity contribution is 6.06. The predicted molar refractivity (Wildman–Crippen MR) is 121 cm³/mol. The second-order valence-corrected chi connectivity index (χ2v) is 6.92. The van der Waals surface area contributed by atoms with Crippen LogP contribution in [0.15, 0.2) is 54.9 Å². The number of pyridine rings is 2. The van der Waals surface area contributed by atoms with E-state index in [1.54, 1.807) is 58.0 Å². The first-order valence-electron chi connectivity index (χ1n) is 9.99. The Morgan fingerprint density at radius 1 is 0.844 bits per heavy atom. The lowest BCUT2D eigenvalue weighted by Crippen LogP contribution is -2.27. The first kappa shape index (κ1) is 21.3. The summed E-state index contributed by atoms with van der Waals surface area (Å²) < 4.78 is 21.9. The quantitative estimate of drug-likeness (QED) is 0.420. The number of ether oxygens (including phenoxy) is 4. The van der Waals surface area contributed by atoms with Gasteiger partial charge in [-0.2, -0.15) is 0 Å². The van der Waals surface area contributed by atoms with Crippen molar-refractivity contribution >= 4 is 27.7 Å². The van der Waals surface area contributed by atoms with Crippen LogP contribution in [0.3, 0.4) is 0 Å². The number of hydrogen-bond acceptors (Lipinski definition) is 7. The summed E-state index contributed by atoms with van der Waals surface area (Å²) in [6.45, 7) is 0.882. The molecule has 1 amide bonds. The van der Waals surface area contributed by atoms with Gasteiger partial charge < -0.3 is 24.3 Å². The van der Waals surface area contributed by atoms with E-state index < -0.39 is 0 Å². The maximum absolute atomic E-state index is 12.5. The summed E-state index contributed by atoms with van der Waals surface area (Å²) in [5, 5.41) is 4.35. The molecule has 2 aromatic heterocycles. The van der Waals surface area contributed by atoms with Crippen molar-refractivity contribution in [3.8, 4) is 23.0 Å². The summed E-state index contributed by atoms with van der Waals surface area (Å²) >= 11 is 0. The number of carbonyl (C=O) groups excluding carboxylic acids is 1. The number of methoxy groups -OCH3 is 3. The Kier molecular flexibility index (Phi) is 6.32. The summed E-state index contributed by atoms with van der Waals surface area (Å²) in [4.78, 5) is 21.3. The van der Waals surface area contributed by atoms with E-state index in [2.05, 4.69) is 15.3 Å². The molecular formula is C24H23N3O5. The van der Waals surface area contributed by atoms with E-state index in [0.29, 0.717) is 52.7 Å². The molecule has 0 aliphatic rings. The number of nitrogens with one attached hydrogen (secondary N) is 1. The Morgan fingerprint density at radius 2 is 1.56 bits per heavy atom. The van der Waals surface area contributed by atoms with E-state index >= 15 is 0 Å². The lowest BCUT2D eigenvalue weighted by atomic mass is 10.1. The lowest BCUT2D eigenvalue weighted by Gasteiger charge is -2.13. The second-order valence-electron chi connectivity index (χ2n) is 6.92. The molecule has 1 N–H and O–H groups in total. The van der Waals surface area contributed by atoms with Gasteiger partial charge in [-0.15, -0.1) is 0 Å². The smallest absolute Gasteiger partial charge is 0.252 e. The van der Waals surface area contributed by atoms with Gasteiger partial charge in [0.15, 0.2) is 11.5 Å². The topological polar surface area (TPSA) is 91.8 Å². The van der Waals surface area contributed by atoms with Crippen LogP contribution in [0.4, 0.5) is 0 Å². The van der Waals surface area contributed by atoms with Gasteiger partial charge in [-0.3, -0.25) is 14.8 Å². The van der Waals surface area contributed by atoms with E-state index in [-0.39, 0.29) is 5.91 Å². The average molecular weight is 433 g/mol. The molecule has 0 radical (unpaired) electrons. The molecule has 0 aliphatic carbocycles. The number of amides is 1. The molecule has 0 saturated heterocycles. The summed E-state index contributed by atoms with van der Waals surface area (Å²) in [5.74, 6) is 2.20. The number of benzene rings is 2. The maximum Gasteiger partial charge on any atom is 0.252 e. The molecule has 0 spiro atoms. The molecule has 0 unspecified atom stereocenters. The summed E-state index contributed by atoms with van der Waals surface area (Å²) in [7, 11) is 4.75. The average Bonchev–Trinajstić information content (AvgIpc) is 2.83. The zero-order chi connectivity index (χ0) is 22.5. The Hall–Kier alpha value is -3.91. The molecule has 0 bridgehead atoms. The van der Waals surface area contributed by atoms with Crippen LogP contribution in [-0.2, 0) is 4.74 Å². The van der Waals surface area contributed by atoms with Crippen LogP contribution in [0.25, 0.3) is 21.8 Å². The minimum atomic E-state index is -0.177. The Labute approximate surface area is 185 Å². The number of nitrogens with zero attached hydrogens (tertiary/aromatic N) is 2. The van der Waals surface area contributed by atoms with Gasteiger partial charge in [0.25, 0.3) is 5.91 Å². The molecule has 0 aliphatic heterocycles. The Morgan fingerprint density at radius 3 is 2.31 bits per heavy atom. The van der Waals surface area contributed by atoms with Crippen molar-refractivity contribution < 1.29 is 23.7 Å². The molecule has 0 atom stereocenters. The van der Waals surface area contributed by atoms with Gasteiger partial charge in [-0.05, 0) is 30.3 Å². The van der Waals surface area contributed by atoms with Crippen molar-refractivity contribution in [1.82, 2.24) is 15.3 Å². The van der Waals surface area contributed by atoms with Gasteiger partial charge in [-0.1, -0.05) is 0 Å². The lowest BCUT2D eigenvalue weighted by molar-refractivity contribution is 0.0938. The van der Waals surface area contributed by atoms with Crippen LogP contribution < -0.4 is 19.5 Å². The van der Waals surface area contributed by atoms with Crippen molar-refractivity contribution in [2.45, 2.75) is 0 Å². The van der Waals surface area contributed by atoms with Crippen molar-refractivity contribution in [1.29, 1.82) is 0 Å². The first-order chi connectivity index (χ1) is 15.6. The molecule has 0 saturated carbocycles. The molecular weight excluding hydrogens is 410 g/mol. The fourth-order valence-corrected chi connectivity index (χ4v) is 3.41. The van der Waals surface area contributed by atoms with Crippen LogP contribution in [0.2, 0.25) is 0 Å². The number of fused-ring (bicyclic) bond motifs is 2. The highest BCUT2D eigenvalue weighted by Gasteiger charge is 2.13. The number of rotatable bonds is 8. The van der Waals surface area contributed by atoms with Crippen LogP contribution in [0, 0.1) is 0 Å². The second kappa shape index (κ2) is 9.49.